The fourth-order valence-corrected chi connectivity index (χ4v) is 2.00. The van der Waals surface area contributed by atoms with Gasteiger partial charge in [-0.2, -0.15) is 5.26 Å². The van der Waals surface area contributed by atoms with Crippen molar-refractivity contribution in [1.82, 2.24) is 15.0 Å². The van der Waals surface area contributed by atoms with Crippen LogP contribution < -0.4 is 5.32 Å². The lowest BCUT2D eigenvalue weighted by molar-refractivity contribution is -0.116. The molecule has 6 nitrogen and oxygen atoms in total. The molecular weight excluding hydrogens is 266 g/mol. The first-order valence-corrected chi connectivity index (χ1v) is 6.34. The van der Waals surface area contributed by atoms with Gasteiger partial charge in [0.1, 0.15) is 12.1 Å². The number of nitrogens with zero attached hydrogens (tertiary/aromatic N) is 4. The lowest BCUT2D eigenvalue weighted by Gasteiger charge is -2.05. The van der Waals surface area contributed by atoms with E-state index in [1.165, 1.54) is 0 Å². The minimum absolute atomic E-state index is 0.0838. The van der Waals surface area contributed by atoms with Crippen molar-refractivity contribution in [3.8, 4) is 6.07 Å². The number of fused-ring (bicyclic) bond motifs is 1. The number of amides is 1. The molecule has 1 aromatic heterocycles. The van der Waals surface area contributed by atoms with Gasteiger partial charge in [0.2, 0.25) is 5.91 Å². The summed E-state index contributed by atoms with van der Waals surface area (Å²) >= 11 is 0. The van der Waals surface area contributed by atoms with Gasteiger partial charge in [0, 0.05) is 5.69 Å². The van der Waals surface area contributed by atoms with Crippen LogP contribution in [-0.4, -0.2) is 20.9 Å². The van der Waals surface area contributed by atoms with Gasteiger partial charge in [0.25, 0.3) is 0 Å². The minimum Gasteiger partial charge on any atom is -0.324 e. The maximum atomic E-state index is 12.0. The second-order valence-electron chi connectivity index (χ2n) is 4.47. The van der Waals surface area contributed by atoms with Crippen molar-refractivity contribution in [1.29, 1.82) is 5.26 Å². The molecule has 0 spiro atoms. The lowest BCUT2D eigenvalue weighted by Crippen LogP contribution is -2.19. The molecule has 0 atom stereocenters. The molecule has 0 aliphatic heterocycles. The van der Waals surface area contributed by atoms with E-state index in [0.29, 0.717) is 11.3 Å². The normalized spacial score (nSPS) is 10.2. The molecule has 6 heteroatoms. The Bertz CT molecular complexity index is 829. The van der Waals surface area contributed by atoms with Gasteiger partial charge in [0.05, 0.1) is 17.1 Å². The van der Waals surface area contributed by atoms with E-state index in [9.17, 15) is 4.79 Å². The summed E-state index contributed by atoms with van der Waals surface area (Å²) in [6.07, 6.45) is 0. The summed E-state index contributed by atoms with van der Waals surface area (Å²) < 4.78 is 1.55. The second kappa shape index (κ2) is 5.43. The Morgan fingerprint density at radius 3 is 2.71 bits per heavy atom. The fraction of sp³-hybridized carbons (Fsp3) is 0.0667. The van der Waals surface area contributed by atoms with Crippen LogP contribution in [-0.2, 0) is 11.3 Å². The van der Waals surface area contributed by atoms with E-state index in [4.69, 9.17) is 5.26 Å². The van der Waals surface area contributed by atoms with E-state index >= 15 is 0 Å². The number of hydrogen-bond acceptors (Lipinski definition) is 4. The second-order valence-corrected chi connectivity index (χ2v) is 4.47. The SMILES string of the molecule is N#Cc1ccc(NC(=O)Cn2nnc3ccccc32)cc1. The van der Waals surface area contributed by atoms with Crippen LogP contribution in [0, 0.1) is 11.3 Å². The summed E-state index contributed by atoms with van der Waals surface area (Å²) in [6.45, 7) is 0.0838. The number of nitriles is 1. The first kappa shape index (κ1) is 12.8. The Labute approximate surface area is 120 Å². The molecule has 1 amide bonds. The third kappa shape index (κ3) is 2.72. The predicted octanol–water partition coefficient (Wildman–Crippen LogP) is 1.94. The molecule has 102 valence electrons. The van der Waals surface area contributed by atoms with E-state index in [-0.39, 0.29) is 12.5 Å². The Hall–Kier alpha value is -3.20. The van der Waals surface area contributed by atoms with Crippen LogP contribution >= 0.6 is 0 Å². The number of carbonyl (C=O) groups excluding carboxylic acids is 1. The highest BCUT2D eigenvalue weighted by Gasteiger charge is 2.08. The summed E-state index contributed by atoms with van der Waals surface area (Å²) in [4.78, 5) is 12.0. The minimum atomic E-state index is -0.199. The van der Waals surface area contributed by atoms with E-state index in [0.717, 1.165) is 11.0 Å². The van der Waals surface area contributed by atoms with Crippen molar-refractivity contribution in [3.63, 3.8) is 0 Å². The number of anilines is 1. The number of hydrogen-bond donors (Lipinski definition) is 1. The monoisotopic (exact) mass is 277 g/mol. The highest BCUT2D eigenvalue weighted by atomic mass is 16.2. The van der Waals surface area contributed by atoms with Gasteiger partial charge >= 0.3 is 0 Å². The molecule has 3 aromatic rings. The predicted molar refractivity (Wildman–Crippen MR) is 77.3 cm³/mol. The first-order chi connectivity index (χ1) is 10.3. The van der Waals surface area contributed by atoms with Gasteiger partial charge in [-0.15, -0.1) is 5.10 Å². The third-order valence-corrected chi connectivity index (χ3v) is 3.01. The van der Waals surface area contributed by atoms with Crippen LogP contribution in [0.1, 0.15) is 5.56 Å². The standard InChI is InChI=1S/C15H11N5O/c16-9-11-5-7-12(8-6-11)17-15(21)10-20-14-4-2-1-3-13(14)18-19-20/h1-8H,10H2,(H,17,21). The highest BCUT2D eigenvalue weighted by Crippen LogP contribution is 2.11. The Morgan fingerprint density at radius 2 is 1.95 bits per heavy atom. The zero-order valence-corrected chi connectivity index (χ0v) is 11.0. The molecule has 0 saturated heterocycles. The number of rotatable bonds is 3. The average molecular weight is 277 g/mol. The largest absolute Gasteiger partial charge is 0.324 e. The quantitative estimate of drug-likeness (QED) is 0.793. The highest BCUT2D eigenvalue weighted by molar-refractivity contribution is 5.91. The van der Waals surface area contributed by atoms with Gasteiger partial charge in [-0.25, -0.2) is 4.68 Å². The van der Waals surface area contributed by atoms with Crippen LogP contribution in [0.3, 0.4) is 0 Å². The fourth-order valence-electron chi connectivity index (χ4n) is 2.00. The van der Waals surface area contributed by atoms with Gasteiger partial charge in [0.15, 0.2) is 0 Å². The molecule has 0 aliphatic carbocycles. The number of aromatic nitrogens is 3. The van der Waals surface area contributed by atoms with Crippen molar-refractivity contribution in [2.75, 3.05) is 5.32 Å². The van der Waals surface area contributed by atoms with E-state index < -0.39 is 0 Å². The zero-order valence-electron chi connectivity index (χ0n) is 11.0. The molecule has 0 radical (unpaired) electrons. The smallest absolute Gasteiger partial charge is 0.246 e. The third-order valence-electron chi connectivity index (χ3n) is 3.01. The summed E-state index contributed by atoms with van der Waals surface area (Å²) in [5, 5.41) is 19.5. The van der Waals surface area contributed by atoms with Gasteiger partial charge in [-0.1, -0.05) is 17.3 Å². The summed E-state index contributed by atoms with van der Waals surface area (Å²) in [5.41, 5.74) is 2.76. The van der Waals surface area contributed by atoms with Gasteiger partial charge in [-0.3, -0.25) is 4.79 Å². The molecular formula is C15H11N5O. The van der Waals surface area contributed by atoms with Gasteiger partial charge in [-0.05, 0) is 36.4 Å². The van der Waals surface area contributed by atoms with Crippen LogP contribution in [0.15, 0.2) is 48.5 Å². The van der Waals surface area contributed by atoms with Gasteiger partial charge < -0.3 is 5.32 Å². The van der Waals surface area contributed by atoms with Crippen LogP contribution in [0.2, 0.25) is 0 Å². The molecule has 0 fully saturated rings. The lowest BCUT2D eigenvalue weighted by atomic mass is 10.2. The molecule has 1 N–H and O–H groups in total. The first-order valence-electron chi connectivity index (χ1n) is 6.34. The van der Waals surface area contributed by atoms with E-state index in [1.54, 1.807) is 28.9 Å². The number of benzene rings is 2. The zero-order chi connectivity index (χ0) is 14.7. The Kier molecular flexibility index (Phi) is 3.31. The van der Waals surface area contributed by atoms with Crippen molar-refractivity contribution >= 4 is 22.6 Å². The number of nitrogens with one attached hydrogen (secondary N) is 1. The number of carbonyl (C=O) groups is 1. The van der Waals surface area contributed by atoms with Crippen LogP contribution in [0.25, 0.3) is 11.0 Å². The molecule has 0 saturated carbocycles. The molecule has 0 aliphatic rings. The summed E-state index contributed by atoms with van der Waals surface area (Å²) in [6, 6.07) is 16.2. The molecule has 0 bridgehead atoms. The maximum Gasteiger partial charge on any atom is 0.246 e. The van der Waals surface area contributed by atoms with Crippen LogP contribution in [0.5, 0.6) is 0 Å². The van der Waals surface area contributed by atoms with Crippen molar-refractivity contribution in [3.05, 3.63) is 54.1 Å². The van der Waals surface area contributed by atoms with E-state index in [2.05, 4.69) is 15.6 Å². The van der Waals surface area contributed by atoms with Crippen molar-refractivity contribution < 1.29 is 4.79 Å². The van der Waals surface area contributed by atoms with E-state index in [1.807, 2.05) is 30.3 Å². The molecule has 0 unspecified atom stereocenters. The Balaban J connectivity index is 1.73. The Morgan fingerprint density at radius 1 is 1.19 bits per heavy atom. The van der Waals surface area contributed by atoms with Crippen molar-refractivity contribution in [2.45, 2.75) is 6.54 Å². The van der Waals surface area contributed by atoms with Crippen LogP contribution in [0.4, 0.5) is 5.69 Å². The summed E-state index contributed by atoms with van der Waals surface area (Å²) in [7, 11) is 0. The topological polar surface area (TPSA) is 83.6 Å². The van der Waals surface area contributed by atoms with Crippen molar-refractivity contribution in [2.24, 2.45) is 0 Å². The molecule has 21 heavy (non-hydrogen) atoms. The average Bonchev–Trinajstić information content (AvgIpc) is 2.91. The molecule has 1 heterocycles. The number of para-hydroxylation sites is 1. The maximum absolute atomic E-state index is 12.0. The summed E-state index contributed by atoms with van der Waals surface area (Å²) in [5.74, 6) is -0.199. The molecule has 3 rings (SSSR count). The molecule has 2 aromatic carbocycles.